The number of aryl methyl sites for hydroxylation is 1. The molecule has 7 heteroatoms. The van der Waals surface area contributed by atoms with E-state index in [1.807, 2.05) is 55.3 Å². The van der Waals surface area contributed by atoms with E-state index in [4.69, 9.17) is 8.94 Å². The normalized spacial score (nSPS) is 11.4. The quantitative estimate of drug-likeness (QED) is 0.504. The predicted molar refractivity (Wildman–Crippen MR) is 99.9 cm³/mol. The van der Waals surface area contributed by atoms with Crippen LogP contribution in [0, 0.1) is 6.92 Å². The van der Waals surface area contributed by atoms with Gasteiger partial charge in [-0.2, -0.15) is 4.98 Å². The summed E-state index contributed by atoms with van der Waals surface area (Å²) < 4.78 is 10.6. The first-order valence-electron chi connectivity index (χ1n) is 8.54. The Bertz CT molecular complexity index is 1130. The second kappa shape index (κ2) is 7.13. The van der Waals surface area contributed by atoms with Crippen molar-refractivity contribution < 1.29 is 8.94 Å². The highest BCUT2D eigenvalue weighted by Crippen LogP contribution is 2.19. The highest BCUT2D eigenvalue weighted by molar-refractivity contribution is 5.80. The third kappa shape index (κ3) is 3.78. The Kier molecular flexibility index (Phi) is 4.52. The van der Waals surface area contributed by atoms with Gasteiger partial charge in [-0.3, -0.25) is 9.88 Å². The van der Waals surface area contributed by atoms with Gasteiger partial charge < -0.3 is 8.94 Å². The van der Waals surface area contributed by atoms with E-state index >= 15 is 0 Å². The minimum Gasteiger partial charge on any atom is -0.423 e. The summed E-state index contributed by atoms with van der Waals surface area (Å²) in [6.07, 6.45) is 1.69. The summed E-state index contributed by atoms with van der Waals surface area (Å²) in [7, 11) is 1.96. The Morgan fingerprint density at radius 1 is 1.11 bits per heavy atom. The number of fused-ring (bicyclic) bond motifs is 1. The molecular weight excluding hydrogens is 344 g/mol. The molecule has 7 nitrogen and oxygen atoms in total. The number of benzene rings is 1. The van der Waals surface area contributed by atoms with Crippen molar-refractivity contribution in [1.29, 1.82) is 0 Å². The number of hydrogen-bond acceptors (Lipinski definition) is 7. The van der Waals surface area contributed by atoms with Gasteiger partial charge >= 0.3 is 5.63 Å². The van der Waals surface area contributed by atoms with E-state index < -0.39 is 0 Å². The van der Waals surface area contributed by atoms with Crippen LogP contribution in [0.25, 0.3) is 22.5 Å². The first-order chi connectivity index (χ1) is 13.1. The molecule has 136 valence electrons. The van der Waals surface area contributed by atoms with Crippen LogP contribution in [-0.4, -0.2) is 27.1 Å². The lowest BCUT2D eigenvalue weighted by Crippen LogP contribution is -2.17. The molecule has 0 amide bonds. The van der Waals surface area contributed by atoms with Crippen LogP contribution in [0.1, 0.15) is 17.0 Å². The zero-order valence-electron chi connectivity index (χ0n) is 15.0. The smallest absolute Gasteiger partial charge is 0.336 e. The molecule has 3 aromatic heterocycles. The van der Waals surface area contributed by atoms with Gasteiger partial charge in [0.2, 0.25) is 11.7 Å². The van der Waals surface area contributed by atoms with Gasteiger partial charge in [0.25, 0.3) is 0 Å². The zero-order valence-corrected chi connectivity index (χ0v) is 15.0. The van der Waals surface area contributed by atoms with Crippen molar-refractivity contribution >= 4 is 11.0 Å². The fraction of sp³-hybridized carbons (Fsp3) is 0.200. The molecule has 0 spiro atoms. The van der Waals surface area contributed by atoms with Gasteiger partial charge in [-0.05, 0) is 43.3 Å². The van der Waals surface area contributed by atoms with Crippen molar-refractivity contribution in [2.75, 3.05) is 7.05 Å². The van der Waals surface area contributed by atoms with E-state index in [9.17, 15) is 4.79 Å². The summed E-state index contributed by atoms with van der Waals surface area (Å²) in [6, 6.07) is 13.0. The van der Waals surface area contributed by atoms with Gasteiger partial charge in [-0.1, -0.05) is 23.4 Å². The minimum absolute atomic E-state index is 0.335. The summed E-state index contributed by atoms with van der Waals surface area (Å²) in [5, 5.41) is 4.92. The molecule has 0 bridgehead atoms. The molecule has 4 rings (SSSR count). The molecule has 0 aliphatic heterocycles. The third-order valence-corrected chi connectivity index (χ3v) is 4.24. The van der Waals surface area contributed by atoms with E-state index in [1.54, 1.807) is 6.20 Å². The average Bonchev–Trinajstić information content (AvgIpc) is 3.10. The van der Waals surface area contributed by atoms with Gasteiger partial charge in [0.1, 0.15) is 11.3 Å². The summed E-state index contributed by atoms with van der Waals surface area (Å²) in [6.45, 7) is 3.05. The van der Waals surface area contributed by atoms with Crippen LogP contribution in [-0.2, 0) is 13.1 Å². The zero-order chi connectivity index (χ0) is 18.8. The van der Waals surface area contributed by atoms with Gasteiger partial charge in [0, 0.05) is 24.2 Å². The van der Waals surface area contributed by atoms with Gasteiger partial charge in [0.05, 0.1) is 6.54 Å². The number of aromatic nitrogens is 3. The lowest BCUT2D eigenvalue weighted by atomic mass is 10.1. The first-order valence-corrected chi connectivity index (χ1v) is 8.54. The second-order valence-corrected chi connectivity index (χ2v) is 6.48. The Morgan fingerprint density at radius 2 is 2.00 bits per heavy atom. The molecule has 4 aromatic rings. The average molecular weight is 362 g/mol. The number of rotatable bonds is 5. The fourth-order valence-corrected chi connectivity index (χ4v) is 2.98. The van der Waals surface area contributed by atoms with E-state index in [1.165, 1.54) is 6.07 Å². The third-order valence-electron chi connectivity index (χ3n) is 4.24. The molecular formula is C20H18N4O3. The van der Waals surface area contributed by atoms with Crippen molar-refractivity contribution in [2.45, 2.75) is 20.0 Å². The molecule has 0 aliphatic rings. The molecule has 0 fully saturated rings. The van der Waals surface area contributed by atoms with Crippen LogP contribution in [0.15, 0.2) is 62.4 Å². The molecule has 0 saturated heterocycles. The number of pyridine rings is 1. The van der Waals surface area contributed by atoms with E-state index in [2.05, 4.69) is 15.1 Å². The Morgan fingerprint density at radius 3 is 2.81 bits per heavy atom. The van der Waals surface area contributed by atoms with E-state index in [0.29, 0.717) is 36.1 Å². The molecule has 0 saturated carbocycles. The SMILES string of the molecule is Cc1cc(=O)oc2cc(CN(C)Cc3nc(-c4ccccn4)no3)ccc12. The summed E-state index contributed by atoms with van der Waals surface area (Å²) in [5.74, 6) is 0.989. The Hall–Kier alpha value is -3.32. The molecule has 0 radical (unpaired) electrons. The van der Waals surface area contributed by atoms with Crippen LogP contribution in [0.3, 0.4) is 0 Å². The minimum atomic E-state index is -0.335. The van der Waals surface area contributed by atoms with Gasteiger partial charge in [0.15, 0.2) is 0 Å². The Balaban J connectivity index is 1.48. The van der Waals surface area contributed by atoms with Crippen LogP contribution in [0.5, 0.6) is 0 Å². The standard InChI is InChI=1S/C20H18N4O3/c1-13-9-19(25)26-17-10-14(6-7-15(13)17)11-24(2)12-18-22-20(23-27-18)16-5-3-4-8-21-16/h3-10H,11-12H2,1-2H3. The van der Waals surface area contributed by atoms with Crippen molar-refractivity contribution in [1.82, 2.24) is 20.0 Å². The van der Waals surface area contributed by atoms with Crippen LogP contribution < -0.4 is 5.63 Å². The topological polar surface area (TPSA) is 85.3 Å². The van der Waals surface area contributed by atoms with Crippen molar-refractivity contribution in [3.8, 4) is 11.5 Å². The molecule has 0 unspecified atom stereocenters. The monoisotopic (exact) mass is 362 g/mol. The molecule has 27 heavy (non-hydrogen) atoms. The lowest BCUT2D eigenvalue weighted by molar-refractivity contribution is 0.261. The van der Waals surface area contributed by atoms with Crippen LogP contribution in [0.2, 0.25) is 0 Å². The fourth-order valence-electron chi connectivity index (χ4n) is 2.98. The van der Waals surface area contributed by atoms with Crippen molar-refractivity contribution in [2.24, 2.45) is 0 Å². The molecule has 3 heterocycles. The summed E-state index contributed by atoms with van der Waals surface area (Å²) in [4.78, 5) is 22.2. The number of nitrogens with zero attached hydrogens (tertiary/aromatic N) is 4. The highest BCUT2D eigenvalue weighted by atomic mass is 16.5. The largest absolute Gasteiger partial charge is 0.423 e. The maximum Gasteiger partial charge on any atom is 0.336 e. The van der Waals surface area contributed by atoms with E-state index in [0.717, 1.165) is 16.5 Å². The van der Waals surface area contributed by atoms with E-state index in [-0.39, 0.29) is 5.63 Å². The molecule has 0 aliphatic carbocycles. The second-order valence-electron chi connectivity index (χ2n) is 6.48. The predicted octanol–water partition coefficient (Wildman–Crippen LogP) is 3.18. The van der Waals surface area contributed by atoms with Gasteiger partial charge in [-0.15, -0.1) is 0 Å². The van der Waals surface area contributed by atoms with Crippen molar-refractivity contribution in [3.05, 3.63) is 76.1 Å². The maximum absolute atomic E-state index is 11.6. The first kappa shape index (κ1) is 17.1. The number of hydrogen-bond donors (Lipinski definition) is 0. The summed E-state index contributed by atoms with van der Waals surface area (Å²) >= 11 is 0. The van der Waals surface area contributed by atoms with Gasteiger partial charge in [-0.25, -0.2) is 4.79 Å². The maximum atomic E-state index is 11.6. The van der Waals surface area contributed by atoms with Crippen LogP contribution >= 0.6 is 0 Å². The highest BCUT2D eigenvalue weighted by Gasteiger charge is 2.12. The van der Waals surface area contributed by atoms with Crippen molar-refractivity contribution in [3.63, 3.8) is 0 Å². The molecule has 1 aromatic carbocycles. The molecule has 0 N–H and O–H groups in total. The lowest BCUT2D eigenvalue weighted by Gasteiger charge is -2.14. The molecule has 0 atom stereocenters. The Labute approximate surface area is 155 Å². The van der Waals surface area contributed by atoms with Crippen LogP contribution in [0.4, 0.5) is 0 Å². The summed E-state index contributed by atoms with van der Waals surface area (Å²) in [5.41, 5.74) is 2.88.